The maximum atomic E-state index is 11.9. The van der Waals surface area contributed by atoms with Crippen LogP contribution in [-0.4, -0.2) is 31.8 Å². The number of hydrogen-bond donors (Lipinski definition) is 1. The Balaban J connectivity index is 1.47. The number of carbonyl (C=O) groups is 1. The van der Waals surface area contributed by atoms with Crippen LogP contribution in [-0.2, 0) is 14.3 Å². The van der Waals surface area contributed by atoms with Crippen molar-refractivity contribution in [3.05, 3.63) is 29.8 Å². The highest BCUT2D eigenvalue weighted by Crippen LogP contribution is 2.33. The first-order valence-corrected chi connectivity index (χ1v) is 7.43. The average Bonchev–Trinajstić information content (AvgIpc) is 2.90. The number of anilines is 1. The van der Waals surface area contributed by atoms with Crippen molar-refractivity contribution in [1.29, 1.82) is 0 Å². The molecule has 0 amide bonds. The topological polar surface area (TPSA) is 47.6 Å². The largest absolute Gasteiger partial charge is 0.463 e. The quantitative estimate of drug-likeness (QED) is 0.858. The van der Waals surface area contributed by atoms with Crippen LogP contribution >= 0.6 is 0 Å². The lowest BCUT2D eigenvalue weighted by Gasteiger charge is -2.22. The van der Waals surface area contributed by atoms with Gasteiger partial charge in [-0.3, -0.25) is 4.79 Å². The fourth-order valence-electron chi connectivity index (χ4n) is 2.92. The molecule has 1 fully saturated rings. The van der Waals surface area contributed by atoms with Crippen LogP contribution in [0.25, 0.3) is 0 Å². The molecule has 2 unspecified atom stereocenters. The molecule has 0 aromatic heterocycles. The fraction of sp³-hybridized carbons (Fsp3) is 0.562. The highest BCUT2D eigenvalue weighted by atomic mass is 16.6. The lowest BCUT2D eigenvalue weighted by molar-refractivity contribution is -0.149. The molecule has 0 saturated carbocycles. The van der Waals surface area contributed by atoms with Crippen LogP contribution in [0, 0.1) is 0 Å². The van der Waals surface area contributed by atoms with E-state index in [4.69, 9.17) is 9.47 Å². The Bertz CT molecular complexity index is 469. The molecule has 4 heteroatoms. The summed E-state index contributed by atoms with van der Waals surface area (Å²) in [5.41, 5.74) is 2.36. The van der Waals surface area contributed by atoms with Gasteiger partial charge in [0, 0.05) is 24.8 Å². The van der Waals surface area contributed by atoms with Gasteiger partial charge in [0.15, 0.2) is 0 Å². The van der Waals surface area contributed by atoms with E-state index in [9.17, 15) is 4.79 Å². The van der Waals surface area contributed by atoms with Gasteiger partial charge in [-0.05, 0) is 30.9 Å². The molecule has 1 aromatic rings. The fourth-order valence-corrected chi connectivity index (χ4v) is 2.92. The summed E-state index contributed by atoms with van der Waals surface area (Å²) in [4.78, 5) is 11.9. The van der Waals surface area contributed by atoms with Gasteiger partial charge in [-0.1, -0.05) is 18.2 Å². The van der Waals surface area contributed by atoms with Gasteiger partial charge in [0.05, 0.1) is 12.5 Å². The number of fused-ring (bicyclic) bond motifs is 1. The van der Waals surface area contributed by atoms with Gasteiger partial charge in [-0.2, -0.15) is 0 Å². The van der Waals surface area contributed by atoms with Crippen molar-refractivity contribution in [2.24, 2.45) is 0 Å². The summed E-state index contributed by atoms with van der Waals surface area (Å²) in [5.74, 6) is 0.105. The number of rotatable bonds is 4. The Morgan fingerprint density at radius 3 is 3.10 bits per heavy atom. The highest BCUT2D eigenvalue weighted by molar-refractivity contribution is 5.72. The molecule has 0 bridgehead atoms. The molecule has 3 rings (SSSR count). The van der Waals surface area contributed by atoms with Crippen LogP contribution in [0.2, 0.25) is 0 Å². The molecule has 4 nitrogen and oxygen atoms in total. The van der Waals surface area contributed by atoms with Gasteiger partial charge in [0.25, 0.3) is 0 Å². The summed E-state index contributed by atoms with van der Waals surface area (Å²) in [5, 5.41) is 3.33. The predicted octanol–water partition coefficient (Wildman–Crippen LogP) is 2.70. The minimum absolute atomic E-state index is 0.0988. The zero-order valence-electron chi connectivity index (χ0n) is 11.6. The summed E-state index contributed by atoms with van der Waals surface area (Å²) < 4.78 is 10.9. The minimum atomic E-state index is -0.123. The van der Waals surface area contributed by atoms with Crippen molar-refractivity contribution in [2.75, 3.05) is 25.1 Å². The first kappa shape index (κ1) is 13.4. The third kappa shape index (κ3) is 3.12. The predicted molar refractivity (Wildman–Crippen MR) is 76.8 cm³/mol. The molecule has 20 heavy (non-hydrogen) atoms. The van der Waals surface area contributed by atoms with Crippen molar-refractivity contribution >= 4 is 11.7 Å². The van der Waals surface area contributed by atoms with Crippen molar-refractivity contribution < 1.29 is 14.3 Å². The number of nitrogens with one attached hydrogen (secondary N) is 1. The van der Waals surface area contributed by atoms with Crippen molar-refractivity contribution in [3.63, 3.8) is 0 Å². The second-order valence-corrected chi connectivity index (χ2v) is 5.54. The molecule has 0 spiro atoms. The van der Waals surface area contributed by atoms with E-state index in [0.29, 0.717) is 13.0 Å². The number of carbonyl (C=O) groups excluding carboxylic acids is 1. The molecule has 108 valence electrons. The SMILES string of the molecule is O=C(CC1CNc2ccccc21)OCC1CCCCO1. The Labute approximate surface area is 119 Å². The second-order valence-electron chi connectivity index (χ2n) is 5.54. The summed E-state index contributed by atoms with van der Waals surface area (Å²) in [7, 11) is 0. The summed E-state index contributed by atoms with van der Waals surface area (Å²) in [6, 6.07) is 8.15. The lowest BCUT2D eigenvalue weighted by Crippen LogP contribution is -2.26. The third-order valence-electron chi connectivity index (χ3n) is 4.06. The molecule has 0 radical (unpaired) electrons. The lowest BCUT2D eigenvalue weighted by atomic mass is 9.98. The van der Waals surface area contributed by atoms with Crippen LogP contribution < -0.4 is 5.32 Å². The van der Waals surface area contributed by atoms with E-state index in [1.54, 1.807) is 0 Å². The van der Waals surface area contributed by atoms with Crippen LogP contribution in [0.1, 0.15) is 37.2 Å². The second kappa shape index (κ2) is 6.27. The van der Waals surface area contributed by atoms with Gasteiger partial charge >= 0.3 is 5.97 Å². The van der Waals surface area contributed by atoms with E-state index < -0.39 is 0 Å². The van der Waals surface area contributed by atoms with E-state index in [0.717, 1.165) is 31.7 Å². The molecule has 0 aliphatic carbocycles. The normalized spacial score (nSPS) is 24.8. The standard InChI is InChI=1S/C16H21NO3/c18-16(20-11-13-5-3-4-8-19-13)9-12-10-17-15-7-2-1-6-14(12)15/h1-2,6-7,12-13,17H,3-5,8-11H2. The molecule has 1 N–H and O–H groups in total. The van der Waals surface area contributed by atoms with E-state index in [-0.39, 0.29) is 18.0 Å². The van der Waals surface area contributed by atoms with E-state index in [1.165, 1.54) is 12.0 Å². The Morgan fingerprint density at radius 1 is 1.35 bits per heavy atom. The Kier molecular flexibility index (Phi) is 4.21. The first-order valence-electron chi connectivity index (χ1n) is 7.43. The minimum Gasteiger partial charge on any atom is -0.463 e. The molecular weight excluding hydrogens is 254 g/mol. The zero-order valence-corrected chi connectivity index (χ0v) is 11.6. The maximum Gasteiger partial charge on any atom is 0.306 e. The molecule has 1 saturated heterocycles. The van der Waals surface area contributed by atoms with Gasteiger partial charge in [0.1, 0.15) is 6.61 Å². The smallest absolute Gasteiger partial charge is 0.306 e. The van der Waals surface area contributed by atoms with Crippen LogP contribution in [0.5, 0.6) is 0 Å². The average molecular weight is 275 g/mol. The van der Waals surface area contributed by atoms with Gasteiger partial charge < -0.3 is 14.8 Å². The number of esters is 1. The maximum absolute atomic E-state index is 11.9. The van der Waals surface area contributed by atoms with Crippen LogP contribution in [0.15, 0.2) is 24.3 Å². The number of benzene rings is 1. The number of ether oxygens (including phenoxy) is 2. The van der Waals surface area contributed by atoms with Crippen LogP contribution in [0.3, 0.4) is 0 Å². The van der Waals surface area contributed by atoms with Crippen molar-refractivity contribution in [3.8, 4) is 0 Å². The first-order chi connectivity index (χ1) is 9.83. The molecule has 2 heterocycles. The highest BCUT2D eigenvalue weighted by Gasteiger charge is 2.25. The third-order valence-corrected chi connectivity index (χ3v) is 4.06. The van der Waals surface area contributed by atoms with Crippen molar-refractivity contribution in [2.45, 2.75) is 37.7 Å². The molecule has 1 aromatic carbocycles. The number of hydrogen-bond acceptors (Lipinski definition) is 4. The molecule has 2 atom stereocenters. The summed E-state index contributed by atoms with van der Waals surface area (Å²) in [6.07, 6.45) is 3.83. The zero-order chi connectivity index (χ0) is 13.8. The van der Waals surface area contributed by atoms with Crippen molar-refractivity contribution in [1.82, 2.24) is 0 Å². The van der Waals surface area contributed by atoms with E-state index >= 15 is 0 Å². The van der Waals surface area contributed by atoms with Crippen LogP contribution in [0.4, 0.5) is 5.69 Å². The Morgan fingerprint density at radius 2 is 2.25 bits per heavy atom. The molecular formula is C16H21NO3. The van der Waals surface area contributed by atoms with Gasteiger partial charge in [-0.25, -0.2) is 0 Å². The Hall–Kier alpha value is -1.55. The van der Waals surface area contributed by atoms with E-state index in [2.05, 4.69) is 17.4 Å². The summed E-state index contributed by atoms with van der Waals surface area (Å²) in [6.45, 7) is 2.01. The molecule has 2 aliphatic rings. The molecule has 2 aliphatic heterocycles. The van der Waals surface area contributed by atoms with E-state index in [1.807, 2.05) is 12.1 Å². The number of para-hydroxylation sites is 1. The van der Waals surface area contributed by atoms with Gasteiger partial charge in [-0.15, -0.1) is 0 Å². The summed E-state index contributed by atoms with van der Waals surface area (Å²) >= 11 is 0. The van der Waals surface area contributed by atoms with Gasteiger partial charge in [0.2, 0.25) is 0 Å². The monoisotopic (exact) mass is 275 g/mol.